The Labute approximate surface area is 180 Å². The zero-order chi connectivity index (χ0) is 18.2. The number of amides is 1. The van der Waals surface area contributed by atoms with Crippen LogP contribution in [0.3, 0.4) is 0 Å². The second kappa shape index (κ2) is 13.3. The molecule has 0 radical (unpaired) electrons. The molecule has 1 aromatic rings. The van der Waals surface area contributed by atoms with Crippen molar-refractivity contribution in [3.05, 3.63) is 30.1 Å². The smallest absolute Gasteiger partial charge is 0.224 e. The molecule has 8 heteroatoms. The van der Waals surface area contributed by atoms with Gasteiger partial charge in [-0.15, -0.1) is 24.8 Å². The Morgan fingerprint density at radius 3 is 2.71 bits per heavy atom. The van der Waals surface area contributed by atoms with Crippen molar-refractivity contribution < 1.29 is 9.53 Å². The maximum absolute atomic E-state index is 12.7. The van der Waals surface area contributed by atoms with Crippen LogP contribution in [0.4, 0.5) is 0 Å². The molecule has 3 heterocycles. The molecular weight excluding hydrogens is 399 g/mol. The summed E-state index contributed by atoms with van der Waals surface area (Å²) in [6.45, 7) is 4.08. The highest BCUT2D eigenvalue weighted by Crippen LogP contribution is 2.22. The molecule has 28 heavy (non-hydrogen) atoms. The number of likely N-dealkylation sites (tertiary alicyclic amines) is 1. The van der Waals surface area contributed by atoms with Gasteiger partial charge in [-0.1, -0.05) is 6.07 Å². The van der Waals surface area contributed by atoms with E-state index in [2.05, 4.69) is 21.3 Å². The number of rotatable bonds is 6. The summed E-state index contributed by atoms with van der Waals surface area (Å²) in [5.41, 5.74) is 7.49. The summed E-state index contributed by atoms with van der Waals surface area (Å²) in [4.78, 5) is 19.3. The number of carbonyl (C=O) groups is 1. The number of hydrogen-bond donors (Lipinski definition) is 2. The van der Waals surface area contributed by atoms with E-state index in [0.29, 0.717) is 12.6 Å². The maximum Gasteiger partial charge on any atom is 0.224 e. The summed E-state index contributed by atoms with van der Waals surface area (Å²) in [5.74, 6) is 0.229. The van der Waals surface area contributed by atoms with Crippen LogP contribution in [-0.4, -0.2) is 60.7 Å². The highest BCUT2D eigenvalue weighted by Gasteiger charge is 2.31. The average molecular weight is 433 g/mol. The van der Waals surface area contributed by atoms with Crippen LogP contribution in [0.1, 0.15) is 37.7 Å². The van der Waals surface area contributed by atoms with Gasteiger partial charge in [0, 0.05) is 57.3 Å². The first-order valence-electron chi connectivity index (χ1n) is 9.96. The molecule has 2 saturated heterocycles. The summed E-state index contributed by atoms with van der Waals surface area (Å²) in [5, 5.41) is 3.14. The summed E-state index contributed by atoms with van der Waals surface area (Å²) < 4.78 is 5.48. The quantitative estimate of drug-likeness (QED) is 0.673. The minimum atomic E-state index is 0. The molecule has 160 valence electrons. The summed E-state index contributed by atoms with van der Waals surface area (Å²) in [7, 11) is 0. The number of nitrogens with two attached hydrogens (primary N) is 1. The molecule has 2 fully saturated rings. The Morgan fingerprint density at radius 2 is 2.00 bits per heavy atom. The van der Waals surface area contributed by atoms with Gasteiger partial charge in [0.05, 0.1) is 5.92 Å². The number of nitrogens with zero attached hydrogens (tertiary/aromatic N) is 2. The van der Waals surface area contributed by atoms with Crippen LogP contribution < -0.4 is 11.1 Å². The van der Waals surface area contributed by atoms with Gasteiger partial charge in [-0.25, -0.2) is 0 Å². The van der Waals surface area contributed by atoms with Gasteiger partial charge in [0.2, 0.25) is 5.91 Å². The van der Waals surface area contributed by atoms with E-state index in [9.17, 15) is 4.79 Å². The number of ether oxygens (including phenoxy) is 1. The molecule has 0 aromatic carbocycles. The van der Waals surface area contributed by atoms with Gasteiger partial charge in [-0.2, -0.15) is 0 Å². The summed E-state index contributed by atoms with van der Waals surface area (Å²) in [6, 6.07) is 4.70. The van der Waals surface area contributed by atoms with Crippen LogP contribution in [0.15, 0.2) is 24.5 Å². The van der Waals surface area contributed by atoms with Gasteiger partial charge in [-0.3, -0.25) is 14.7 Å². The average Bonchev–Trinajstić information content (AvgIpc) is 2.88. The van der Waals surface area contributed by atoms with Crippen molar-refractivity contribution in [2.75, 3.05) is 32.8 Å². The summed E-state index contributed by atoms with van der Waals surface area (Å²) in [6.07, 6.45) is 9.46. The zero-order valence-electron chi connectivity index (χ0n) is 16.4. The highest BCUT2D eigenvalue weighted by molar-refractivity contribution is 5.85. The Bertz CT molecular complexity index is 558. The normalized spacial score (nSPS) is 23.8. The fourth-order valence-electron chi connectivity index (χ4n) is 4.01. The van der Waals surface area contributed by atoms with Crippen molar-refractivity contribution >= 4 is 30.7 Å². The molecule has 0 bridgehead atoms. The molecule has 0 unspecified atom stereocenters. The molecule has 6 nitrogen and oxygen atoms in total. The first-order valence-corrected chi connectivity index (χ1v) is 9.96. The van der Waals surface area contributed by atoms with E-state index >= 15 is 0 Å². The number of aromatic nitrogens is 1. The van der Waals surface area contributed by atoms with E-state index in [1.807, 2.05) is 12.3 Å². The van der Waals surface area contributed by atoms with Crippen LogP contribution in [0, 0.1) is 5.92 Å². The largest absolute Gasteiger partial charge is 0.381 e. The molecule has 2 aliphatic rings. The van der Waals surface area contributed by atoms with Crippen molar-refractivity contribution in [2.24, 2.45) is 11.7 Å². The van der Waals surface area contributed by atoms with Gasteiger partial charge >= 0.3 is 0 Å². The number of nitrogens with one attached hydrogen (secondary N) is 1. The lowest BCUT2D eigenvalue weighted by Crippen LogP contribution is -2.47. The van der Waals surface area contributed by atoms with E-state index in [1.54, 1.807) is 6.20 Å². The third kappa shape index (κ3) is 7.84. The predicted molar refractivity (Wildman–Crippen MR) is 116 cm³/mol. The van der Waals surface area contributed by atoms with Crippen LogP contribution in [-0.2, 0) is 16.0 Å². The zero-order valence-corrected chi connectivity index (χ0v) is 18.1. The van der Waals surface area contributed by atoms with Gasteiger partial charge in [-0.05, 0) is 50.2 Å². The maximum atomic E-state index is 12.7. The fraction of sp³-hybridized carbons (Fsp3) is 0.700. The number of carbonyl (C=O) groups excluding carboxylic acids is 1. The molecule has 1 amide bonds. The fourth-order valence-corrected chi connectivity index (χ4v) is 4.01. The van der Waals surface area contributed by atoms with E-state index < -0.39 is 0 Å². The van der Waals surface area contributed by atoms with Crippen molar-refractivity contribution in [1.82, 2.24) is 15.2 Å². The second-order valence-corrected chi connectivity index (χ2v) is 7.59. The molecule has 0 aliphatic carbocycles. The van der Waals surface area contributed by atoms with Crippen LogP contribution in [0.2, 0.25) is 0 Å². The second-order valence-electron chi connectivity index (χ2n) is 7.59. The molecule has 3 rings (SSSR count). The minimum absolute atomic E-state index is 0. The molecular formula is C20H34Cl2N4O2. The third-order valence-corrected chi connectivity index (χ3v) is 5.55. The number of halogens is 2. The SMILES string of the molecule is Cl.Cl.N[C@H]1CC[C@@H](C(=O)NCCCc2cccnc2)CN(C2CCOCC2)C1. The van der Waals surface area contributed by atoms with Gasteiger partial charge in [0.25, 0.3) is 0 Å². The standard InChI is InChI=1S/C20H32N4O2.2ClH/c21-18-6-5-17(14-24(15-18)19-7-11-26-12-8-19)20(25)23-10-2-4-16-3-1-9-22-13-16;;/h1,3,9,13,17-19H,2,4-8,10-12,14-15,21H2,(H,23,25);2*1H/t17-,18+;;/m1../s1. The molecule has 2 aliphatic heterocycles. The first-order chi connectivity index (χ1) is 12.7. The van der Waals surface area contributed by atoms with Crippen LogP contribution >= 0.6 is 24.8 Å². The van der Waals surface area contributed by atoms with Gasteiger partial charge in [0.1, 0.15) is 0 Å². The Morgan fingerprint density at radius 1 is 1.21 bits per heavy atom. The van der Waals surface area contributed by atoms with E-state index in [-0.39, 0.29) is 42.7 Å². The Hall–Kier alpha value is -0.920. The van der Waals surface area contributed by atoms with Crippen LogP contribution in [0.25, 0.3) is 0 Å². The van der Waals surface area contributed by atoms with Crippen LogP contribution in [0.5, 0.6) is 0 Å². The minimum Gasteiger partial charge on any atom is -0.381 e. The highest BCUT2D eigenvalue weighted by atomic mass is 35.5. The lowest BCUT2D eigenvalue weighted by Gasteiger charge is -2.35. The predicted octanol–water partition coefficient (Wildman–Crippen LogP) is 2.19. The van der Waals surface area contributed by atoms with Gasteiger partial charge in [0.15, 0.2) is 0 Å². The molecule has 0 saturated carbocycles. The molecule has 3 N–H and O–H groups in total. The van der Waals surface area contributed by atoms with E-state index in [4.69, 9.17) is 10.5 Å². The topological polar surface area (TPSA) is 80.5 Å². The Kier molecular flexibility index (Phi) is 12.0. The number of pyridine rings is 1. The van der Waals surface area contributed by atoms with Crippen molar-refractivity contribution in [2.45, 2.75) is 50.6 Å². The van der Waals surface area contributed by atoms with E-state index in [0.717, 1.165) is 64.8 Å². The lowest BCUT2D eigenvalue weighted by atomic mass is 10.0. The van der Waals surface area contributed by atoms with Crippen molar-refractivity contribution in [3.8, 4) is 0 Å². The van der Waals surface area contributed by atoms with Crippen molar-refractivity contribution in [1.29, 1.82) is 0 Å². The first kappa shape index (κ1) is 25.1. The molecule has 1 aromatic heterocycles. The molecule has 2 atom stereocenters. The number of hydrogen-bond acceptors (Lipinski definition) is 5. The summed E-state index contributed by atoms with van der Waals surface area (Å²) >= 11 is 0. The lowest BCUT2D eigenvalue weighted by molar-refractivity contribution is -0.125. The van der Waals surface area contributed by atoms with Crippen molar-refractivity contribution in [3.63, 3.8) is 0 Å². The third-order valence-electron chi connectivity index (χ3n) is 5.55. The molecule has 0 spiro atoms. The van der Waals surface area contributed by atoms with Gasteiger partial charge < -0.3 is 15.8 Å². The monoisotopic (exact) mass is 432 g/mol. The number of aryl methyl sites for hydroxylation is 1. The Balaban J connectivity index is 0.00000196. The van der Waals surface area contributed by atoms with E-state index in [1.165, 1.54) is 5.56 Å².